The second-order valence-corrected chi connectivity index (χ2v) is 5.50. The monoisotopic (exact) mass is 318 g/mol. The molecule has 0 saturated carbocycles. The van der Waals surface area contributed by atoms with Crippen molar-refractivity contribution in [3.05, 3.63) is 70.3 Å². The molecule has 0 spiro atoms. The number of hydrogen-bond donors (Lipinski definition) is 1. The van der Waals surface area contributed by atoms with E-state index < -0.39 is 6.10 Å². The summed E-state index contributed by atoms with van der Waals surface area (Å²) < 4.78 is 1.63. The fourth-order valence-corrected chi connectivity index (χ4v) is 2.64. The van der Waals surface area contributed by atoms with Crippen molar-refractivity contribution in [2.24, 2.45) is 0 Å². The van der Waals surface area contributed by atoms with Gasteiger partial charge in [0.05, 0.1) is 16.6 Å². The first-order chi connectivity index (χ1) is 11.6. The maximum Gasteiger partial charge on any atom is 0.267 e. The van der Waals surface area contributed by atoms with Crippen LogP contribution in [0, 0.1) is 11.8 Å². The van der Waals surface area contributed by atoms with E-state index in [2.05, 4.69) is 16.8 Å². The van der Waals surface area contributed by atoms with Gasteiger partial charge < -0.3 is 5.11 Å². The molecule has 24 heavy (non-hydrogen) atoms. The summed E-state index contributed by atoms with van der Waals surface area (Å²) in [6.45, 7) is 3.57. The Morgan fingerprint density at radius 2 is 1.92 bits per heavy atom. The predicted molar refractivity (Wildman–Crippen MR) is 95.3 cm³/mol. The summed E-state index contributed by atoms with van der Waals surface area (Å²) >= 11 is 0. The molecule has 1 atom stereocenters. The van der Waals surface area contributed by atoms with Crippen LogP contribution in [-0.2, 0) is 6.42 Å². The van der Waals surface area contributed by atoms with E-state index in [-0.39, 0.29) is 5.56 Å². The molecular weight excluding hydrogens is 300 g/mol. The molecule has 0 fully saturated rings. The lowest BCUT2D eigenvalue weighted by Crippen LogP contribution is -2.24. The smallest absolute Gasteiger partial charge is 0.267 e. The molecule has 0 radical (unpaired) electrons. The lowest BCUT2D eigenvalue weighted by molar-refractivity contribution is 0.253. The van der Waals surface area contributed by atoms with Gasteiger partial charge in [-0.05, 0) is 31.2 Å². The van der Waals surface area contributed by atoms with E-state index in [1.165, 1.54) is 0 Å². The highest BCUT2D eigenvalue weighted by atomic mass is 16.3. The molecule has 1 N–H and O–H groups in total. The van der Waals surface area contributed by atoms with Gasteiger partial charge in [0.1, 0.15) is 11.9 Å². The van der Waals surface area contributed by atoms with E-state index in [0.717, 1.165) is 5.69 Å². The van der Waals surface area contributed by atoms with Crippen molar-refractivity contribution in [2.75, 3.05) is 0 Å². The number of rotatable bonds is 2. The Morgan fingerprint density at radius 3 is 2.58 bits per heavy atom. The van der Waals surface area contributed by atoms with Crippen molar-refractivity contribution < 1.29 is 5.11 Å². The summed E-state index contributed by atoms with van der Waals surface area (Å²) in [6.07, 6.45) is -0.108. The lowest BCUT2D eigenvalue weighted by Gasteiger charge is -2.13. The number of hydrogen-bond acceptors (Lipinski definition) is 3. The van der Waals surface area contributed by atoms with Gasteiger partial charge in [0, 0.05) is 12.0 Å². The zero-order valence-electron chi connectivity index (χ0n) is 13.7. The molecule has 0 aliphatic carbocycles. The van der Waals surface area contributed by atoms with E-state index in [9.17, 15) is 9.90 Å². The summed E-state index contributed by atoms with van der Waals surface area (Å²) in [6, 6.07) is 14.9. The summed E-state index contributed by atoms with van der Waals surface area (Å²) in [5.74, 6) is 6.30. The average molecular weight is 318 g/mol. The number of aryl methyl sites for hydroxylation is 1. The van der Waals surface area contributed by atoms with Gasteiger partial charge in [-0.15, -0.1) is 0 Å². The van der Waals surface area contributed by atoms with Crippen molar-refractivity contribution in [3.8, 4) is 17.5 Å². The molecule has 0 saturated heterocycles. The molecule has 1 aromatic heterocycles. The Labute approximate surface area is 140 Å². The third-order valence-corrected chi connectivity index (χ3v) is 3.71. The first kappa shape index (κ1) is 16.0. The van der Waals surface area contributed by atoms with Gasteiger partial charge in [0.15, 0.2) is 0 Å². The highest BCUT2D eigenvalue weighted by Gasteiger charge is 2.13. The van der Waals surface area contributed by atoms with Crippen molar-refractivity contribution >= 4 is 10.9 Å². The van der Waals surface area contributed by atoms with Crippen molar-refractivity contribution in [3.63, 3.8) is 0 Å². The Bertz CT molecular complexity index is 993. The van der Waals surface area contributed by atoms with E-state index in [0.29, 0.717) is 28.7 Å². The SMILES string of the molecule is CCc1nc2cccc(C#CC(C)O)c2c(=O)n1-c1ccccc1. The maximum atomic E-state index is 13.2. The number of nitrogens with zero attached hydrogens (tertiary/aromatic N) is 2. The zero-order valence-corrected chi connectivity index (χ0v) is 13.7. The molecule has 4 nitrogen and oxygen atoms in total. The lowest BCUT2D eigenvalue weighted by atomic mass is 10.1. The first-order valence-corrected chi connectivity index (χ1v) is 7.91. The molecule has 0 aliphatic heterocycles. The molecule has 1 unspecified atom stereocenters. The molecule has 3 aromatic rings. The first-order valence-electron chi connectivity index (χ1n) is 7.91. The molecule has 0 amide bonds. The van der Waals surface area contributed by atoms with E-state index in [1.807, 2.05) is 49.4 Å². The van der Waals surface area contributed by atoms with Crippen LogP contribution in [0.5, 0.6) is 0 Å². The Hall–Kier alpha value is -2.90. The van der Waals surface area contributed by atoms with Crippen LogP contribution in [0.25, 0.3) is 16.6 Å². The molecule has 3 rings (SSSR count). The van der Waals surface area contributed by atoms with Gasteiger partial charge in [-0.3, -0.25) is 9.36 Å². The van der Waals surface area contributed by atoms with Crippen LogP contribution in [0.15, 0.2) is 53.3 Å². The number of aliphatic hydroxyl groups excluding tert-OH is 1. The molecule has 4 heteroatoms. The van der Waals surface area contributed by atoms with Crippen LogP contribution < -0.4 is 5.56 Å². The maximum absolute atomic E-state index is 13.2. The standard InChI is InChI=1S/C20H18N2O2/c1-3-18-21-17-11-7-8-15(13-12-14(2)23)19(17)20(24)22(18)16-9-5-4-6-10-16/h4-11,14,23H,3H2,1-2H3. The fourth-order valence-electron chi connectivity index (χ4n) is 2.64. The number of aromatic nitrogens is 2. The summed E-state index contributed by atoms with van der Waals surface area (Å²) in [4.78, 5) is 17.8. The summed E-state index contributed by atoms with van der Waals surface area (Å²) in [5.41, 5.74) is 1.85. The average Bonchev–Trinajstić information content (AvgIpc) is 2.60. The molecule has 120 valence electrons. The third-order valence-electron chi connectivity index (χ3n) is 3.71. The number of fused-ring (bicyclic) bond motifs is 1. The van der Waals surface area contributed by atoms with Gasteiger partial charge in [0.2, 0.25) is 0 Å². The van der Waals surface area contributed by atoms with Crippen LogP contribution in [0.4, 0.5) is 0 Å². The van der Waals surface area contributed by atoms with Gasteiger partial charge in [-0.1, -0.05) is 43.0 Å². The fraction of sp³-hybridized carbons (Fsp3) is 0.200. The minimum atomic E-state index is -0.750. The highest BCUT2D eigenvalue weighted by Crippen LogP contribution is 2.16. The molecular formula is C20H18N2O2. The molecule has 0 bridgehead atoms. The molecule has 1 heterocycles. The van der Waals surface area contributed by atoms with Crippen LogP contribution in [0.2, 0.25) is 0 Å². The normalized spacial score (nSPS) is 11.8. The summed E-state index contributed by atoms with van der Waals surface area (Å²) in [7, 11) is 0. The van der Waals surface area contributed by atoms with Crippen molar-refractivity contribution in [2.45, 2.75) is 26.4 Å². The largest absolute Gasteiger partial charge is 0.381 e. The second-order valence-electron chi connectivity index (χ2n) is 5.50. The third kappa shape index (κ3) is 2.94. The van der Waals surface area contributed by atoms with Crippen LogP contribution >= 0.6 is 0 Å². The van der Waals surface area contributed by atoms with Gasteiger partial charge in [0.25, 0.3) is 5.56 Å². The van der Waals surface area contributed by atoms with E-state index >= 15 is 0 Å². The van der Waals surface area contributed by atoms with Gasteiger partial charge in [-0.25, -0.2) is 4.98 Å². The Morgan fingerprint density at radius 1 is 1.17 bits per heavy atom. The second kappa shape index (κ2) is 6.69. The quantitative estimate of drug-likeness (QED) is 0.739. The number of para-hydroxylation sites is 1. The summed E-state index contributed by atoms with van der Waals surface area (Å²) in [5, 5.41) is 9.88. The van der Waals surface area contributed by atoms with Crippen LogP contribution in [-0.4, -0.2) is 20.8 Å². The van der Waals surface area contributed by atoms with Crippen molar-refractivity contribution in [1.29, 1.82) is 0 Å². The van der Waals surface area contributed by atoms with E-state index in [1.54, 1.807) is 17.6 Å². The molecule has 0 aliphatic rings. The Kier molecular flexibility index (Phi) is 4.45. The predicted octanol–water partition coefficient (Wildman–Crippen LogP) is 2.68. The van der Waals surface area contributed by atoms with Gasteiger partial charge in [-0.2, -0.15) is 0 Å². The Balaban J connectivity index is 2.38. The minimum Gasteiger partial charge on any atom is -0.381 e. The zero-order chi connectivity index (χ0) is 17.1. The number of aliphatic hydroxyl groups is 1. The van der Waals surface area contributed by atoms with Crippen LogP contribution in [0.1, 0.15) is 25.2 Å². The topological polar surface area (TPSA) is 55.1 Å². The molecule has 2 aromatic carbocycles. The number of benzene rings is 2. The van der Waals surface area contributed by atoms with Crippen molar-refractivity contribution in [1.82, 2.24) is 9.55 Å². The van der Waals surface area contributed by atoms with Gasteiger partial charge >= 0.3 is 0 Å². The minimum absolute atomic E-state index is 0.140. The van der Waals surface area contributed by atoms with E-state index in [4.69, 9.17) is 0 Å². The highest BCUT2D eigenvalue weighted by molar-refractivity contribution is 5.84. The van der Waals surface area contributed by atoms with Crippen LogP contribution in [0.3, 0.4) is 0 Å².